The average molecular weight is 310 g/mol. The Morgan fingerprint density at radius 3 is 2.55 bits per heavy atom. The highest BCUT2D eigenvalue weighted by Crippen LogP contribution is 2.27. The van der Waals surface area contributed by atoms with E-state index in [0.29, 0.717) is 5.56 Å². The Kier molecular flexibility index (Phi) is 4.17. The van der Waals surface area contributed by atoms with Crippen molar-refractivity contribution in [3.8, 4) is 0 Å². The van der Waals surface area contributed by atoms with Crippen LogP contribution in [0.1, 0.15) is 29.0 Å². The molecular weight excluding hydrogens is 292 g/mol. The monoisotopic (exact) mass is 310 g/mol. The summed E-state index contributed by atoms with van der Waals surface area (Å²) in [5.74, 6) is 0. The van der Waals surface area contributed by atoms with Crippen LogP contribution in [0.2, 0.25) is 0 Å². The third-order valence-corrected chi connectivity index (χ3v) is 6.08. The van der Waals surface area contributed by atoms with Crippen LogP contribution >= 0.6 is 11.3 Å². The van der Waals surface area contributed by atoms with Gasteiger partial charge < -0.3 is 5.73 Å². The predicted molar refractivity (Wildman–Crippen MR) is 83.4 cm³/mol. The van der Waals surface area contributed by atoms with E-state index >= 15 is 0 Å². The van der Waals surface area contributed by atoms with Gasteiger partial charge in [-0.25, -0.2) is 13.1 Å². The SMILES string of the molecule is Cc1ccc(N)c(S(=O)(=O)NC(C)c2cccs2)c1C. The Balaban J connectivity index is 2.39. The lowest BCUT2D eigenvalue weighted by atomic mass is 10.1. The molecule has 0 radical (unpaired) electrons. The molecular formula is C14H18N2O2S2. The fraction of sp³-hybridized carbons (Fsp3) is 0.286. The molecule has 0 saturated carbocycles. The van der Waals surface area contributed by atoms with Crippen molar-refractivity contribution in [3.63, 3.8) is 0 Å². The van der Waals surface area contributed by atoms with Gasteiger partial charge in [-0.3, -0.25) is 0 Å². The van der Waals surface area contributed by atoms with Crippen LogP contribution in [-0.4, -0.2) is 8.42 Å². The highest BCUT2D eigenvalue weighted by atomic mass is 32.2. The Hall–Kier alpha value is -1.37. The van der Waals surface area contributed by atoms with Crippen LogP contribution < -0.4 is 10.5 Å². The largest absolute Gasteiger partial charge is 0.398 e. The Morgan fingerprint density at radius 1 is 1.25 bits per heavy atom. The number of benzene rings is 1. The molecule has 3 N–H and O–H groups in total. The standard InChI is InChI=1S/C14H18N2O2S2/c1-9-6-7-12(15)14(10(9)2)20(17,18)16-11(3)13-5-4-8-19-13/h4-8,11,16H,15H2,1-3H3. The van der Waals surface area contributed by atoms with Crippen molar-refractivity contribution in [2.24, 2.45) is 0 Å². The molecule has 108 valence electrons. The molecule has 1 aromatic carbocycles. The summed E-state index contributed by atoms with van der Waals surface area (Å²) in [6, 6.07) is 6.99. The summed E-state index contributed by atoms with van der Waals surface area (Å²) in [6.07, 6.45) is 0. The maximum absolute atomic E-state index is 12.5. The van der Waals surface area contributed by atoms with Crippen LogP contribution in [0.25, 0.3) is 0 Å². The first kappa shape index (κ1) is 15.0. The van der Waals surface area contributed by atoms with E-state index in [1.54, 1.807) is 13.0 Å². The number of thiophene rings is 1. The first-order valence-electron chi connectivity index (χ1n) is 6.24. The van der Waals surface area contributed by atoms with E-state index in [2.05, 4.69) is 4.72 Å². The number of nitrogen functional groups attached to an aromatic ring is 1. The van der Waals surface area contributed by atoms with Crippen LogP contribution in [0, 0.1) is 13.8 Å². The number of nitrogens with two attached hydrogens (primary N) is 1. The fourth-order valence-electron chi connectivity index (χ4n) is 2.06. The van der Waals surface area contributed by atoms with Gasteiger partial charge in [0.2, 0.25) is 10.0 Å². The van der Waals surface area contributed by atoms with Gasteiger partial charge in [0, 0.05) is 4.88 Å². The number of aryl methyl sites for hydroxylation is 1. The third-order valence-electron chi connectivity index (χ3n) is 3.28. The Labute approximate surface area is 123 Å². The van der Waals surface area contributed by atoms with Gasteiger partial charge in [-0.05, 0) is 49.4 Å². The number of hydrogen-bond acceptors (Lipinski definition) is 4. The molecule has 20 heavy (non-hydrogen) atoms. The van der Waals surface area contributed by atoms with E-state index < -0.39 is 10.0 Å². The topological polar surface area (TPSA) is 72.2 Å². The molecule has 2 rings (SSSR count). The molecule has 1 heterocycles. The third kappa shape index (κ3) is 2.87. The highest BCUT2D eigenvalue weighted by Gasteiger charge is 2.24. The minimum Gasteiger partial charge on any atom is -0.398 e. The molecule has 6 heteroatoms. The molecule has 0 aliphatic carbocycles. The number of rotatable bonds is 4. The molecule has 0 aliphatic rings. The van der Waals surface area contributed by atoms with E-state index in [1.165, 1.54) is 11.3 Å². The molecule has 0 spiro atoms. The molecule has 1 atom stereocenters. The summed E-state index contributed by atoms with van der Waals surface area (Å²) in [7, 11) is -3.64. The molecule has 0 amide bonds. The number of hydrogen-bond donors (Lipinski definition) is 2. The second kappa shape index (κ2) is 5.55. The zero-order chi connectivity index (χ0) is 14.9. The van der Waals surface area contributed by atoms with Crippen LogP contribution in [0.5, 0.6) is 0 Å². The number of sulfonamides is 1. The molecule has 1 unspecified atom stereocenters. The van der Waals surface area contributed by atoms with Crippen LogP contribution in [0.15, 0.2) is 34.5 Å². The summed E-state index contributed by atoms with van der Waals surface area (Å²) in [5, 5.41) is 1.92. The molecule has 0 aliphatic heterocycles. The fourth-order valence-corrected chi connectivity index (χ4v) is 4.52. The van der Waals surface area contributed by atoms with Crippen molar-refractivity contribution >= 4 is 27.0 Å². The first-order valence-corrected chi connectivity index (χ1v) is 8.60. The van der Waals surface area contributed by atoms with Gasteiger partial charge in [0.1, 0.15) is 4.90 Å². The summed E-state index contributed by atoms with van der Waals surface area (Å²) < 4.78 is 27.8. The average Bonchev–Trinajstić information content (AvgIpc) is 2.87. The maximum atomic E-state index is 12.5. The summed E-state index contributed by atoms with van der Waals surface area (Å²) >= 11 is 1.52. The van der Waals surface area contributed by atoms with Crippen molar-refractivity contribution in [1.82, 2.24) is 4.72 Å². The lowest BCUT2D eigenvalue weighted by Crippen LogP contribution is -2.28. The van der Waals surface area contributed by atoms with Gasteiger partial charge in [-0.2, -0.15) is 0 Å². The Morgan fingerprint density at radius 2 is 1.95 bits per heavy atom. The van der Waals surface area contributed by atoms with Crippen molar-refractivity contribution in [1.29, 1.82) is 0 Å². The zero-order valence-corrected chi connectivity index (χ0v) is 13.3. The minimum absolute atomic E-state index is 0.181. The molecule has 4 nitrogen and oxygen atoms in total. The highest BCUT2D eigenvalue weighted by molar-refractivity contribution is 7.89. The first-order chi connectivity index (χ1) is 9.33. The van der Waals surface area contributed by atoms with Crippen molar-refractivity contribution in [2.45, 2.75) is 31.7 Å². The van der Waals surface area contributed by atoms with Gasteiger partial charge in [-0.15, -0.1) is 11.3 Å². The van der Waals surface area contributed by atoms with E-state index in [4.69, 9.17) is 5.73 Å². The predicted octanol–water partition coefficient (Wildman–Crippen LogP) is 2.99. The number of nitrogens with one attached hydrogen (secondary N) is 1. The Bertz CT molecular complexity index is 707. The summed E-state index contributed by atoms with van der Waals surface area (Å²) in [5.41, 5.74) is 7.73. The van der Waals surface area contributed by atoms with Gasteiger partial charge in [0.25, 0.3) is 0 Å². The van der Waals surface area contributed by atoms with E-state index in [9.17, 15) is 8.42 Å². The van der Waals surface area contributed by atoms with Crippen LogP contribution in [0.3, 0.4) is 0 Å². The van der Waals surface area contributed by atoms with Gasteiger partial charge in [-0.1, -0.05) is 12.1 Å². The van der Waals surface area contributed by atoms with Gasteiger partial charge in [0.05, 0.1) is 11.7 Å². The summed E-state index contributed by atoms with van der Waals surface area (Å²) in [6.45, 7) is 5.47. The molecule has 0 saturated heterocycles. The molecule has 0 fully saturated rings. The lowest BCUT2D eigenvalue weighted by molar-refractivity contribution is 0.568. The van der Waals surface area contributed by atoms with Crippen LogP contribution in [0.4, 0.5) is 5.69 Å². The smallest absolute Gasteiger partial charge is 0.243 e. The van der Waals surface area contributed by atoms with Gasteiger partial charge >= 0.3 is 0 Å². The van der Waals surface area contributed by atoms with Crippen molar-refractivity contribution in [3.05, 3.63) is 45.6 Å². The number of anilines is 1. The van der Waals surface area contributed by atoms with Crippen LogP contribution in [-0.2, 0) is 10.0 Å². The zero-order valence-electron chi connectivity index (χ0n) is 11.7. The minimum atomic E-state index is -3.64. The molecule has 2 aromatic rings. The molecule has 1 aromatic heterocycles. The summed E-state index contributed by atoms with van der Waals surface area (Å²) in [4.78, 5) is 1.15. The second-order valence-electron chi connectivity index (χ2n) is 4.78. The van der Waals surface area contributed by atoms with E-state index in [1.807, 2.05) is 37.4 Å². The van der Waals surface area contributed by atoms with E-state index in [-0.39, 0.29) is 16.6 Å². The maximum Gasteiger partial charge on any atom is 0.243 e. The normalized spacial score (nSPS) is 13.3. The van der Waals surface area contributed by atoms with Crippen molar-refractivity contribution < 1.29 is 8.42 Å². The second-order valence-corrected chi connectivity index (χ2v) is 7.41. The van der Waals surface area contributed by atoms with E-state index in [0.717, 1.165) is 10.4 Å². The van der Waals surface area contributed by atoms with Crippen molar-refractivity contribution in [2.75, 3.05) is 5.73 Å². The lowest BCUT2D eigenvalue weighted by Gasteiger charge is -2.17. The van der Waals surface area contributed by atoms with Gasteiger partial charge in [0.15, 0.2) is 0 Å². The molecule has 0 bridgehead atoms. The quantitative estimate of drug-likeness (QED) is 0.853.